The first-order chi connectivity index (χ1) is 8.29. The number of hydrogen-bond acceptors (Lipinski definition) is 2. The van der Waals surface area contributed by atoms with E-state index in [9.17, 15) is 0 Å². The highest BCUT2D eigenvalue weighted by Crippen LogP contribution is 2.35. The standard InChI is InChI=1S/C15H23NS/c1-3-9-16-15(13-7-8-13)11-17-14-6-4-5-12(2)10-14/h4-6,10,13,15-16H,3,7-9,11H2,1-2H3. The molecule has 0 aromatic heterocycles. The van der Waals surface area contributed by atoms with E-state index in [-0.39, 0.29) is 0 Å². The van der Waals surface area contributed by atoms with E-state index in [4.69, 9.17) is 0 Å². The molecule has 0 radical (unpaired) electrons. The van der Waals surface area contributed by atoms with Gasteiger partial charge in [-0.2, -0.15) is 0 Å². The molecule has 1 aliphatic rings. The molecule has 2 rings (SSSR count). The molecule has 0 heterocycles. The molecule has 1 N–H and O–H groups in total. The minimum Gasteiger partial charge on any atom is -0.313 e. The van der Waals surface area contributed by atoms with Gasteiger partial charge < -0.3 is 5.32 Å². The van der Waals surface area contributed by atoms with Crippen molar-refractivity contribution in [3.8, 4) is 0 Å². The number of benzene rings is 1. The first-order valence-electron chi connectivity index (χ1n) is 6.72. The number of thioether (sulfide) groups is 1. The van der Waals surface area contributed by atoms with Crippen molar-refractivity contribution in [1.82, 2.24) is 5.32 Å². The highest BCUT2D eigenvalue weighted by atomic mass is 32.2. The maximum atomic E-state index is 3.70. The summed E-state index contributed by atoms with van der Waals surface area (Å²) in [4.78, 5) is 1.41. The van der Waals surface area contributed by atoms with Crippen LogP contribution in [0.1, 0.15) is 31.7 Å². The van der Waals surface area contributed by atoms with Gasteiger partial charge in [0.15, 0.2) is 0 Å². The minimum absolute atomic E-state index is 0.723. The molecule has 94 valence electrons. The van der Waals surface area contributed by atoms with Gasteiger partial charge in [-0.05, 0) is 50.8 Å². The summed E-state index contributed by atoms with van der Waals surface area (Å²) in [6.45, 7) is 5.57. The highest BCUT2D eigenvalue weighted by molar-refractivity contribution is 7.99. The van der Waals surface area contributed by atoms with Crippen molar-refractivity contribution in [2.45, 2.75) is 44.0 Å². The first kappa shape index (κ1) is 13.0. The van der Waals surface area contributed by atoms with E-state index in [2.05, 4.69) is 43.4 Å². The van der Waals surface area contributed by atoms with E-state index in [1.807, 2.05) is 11.8 Å². The molecule has 1 atom stereocenters. The lowest BCUT2D eigenvalue weighted by molar-refractivity contribution is 0.503. The zero-order chi connectivity index (χ0) is 12.1. The monoisotopic (exact) mass is 249 g/mol. The van der Waals surface area contributed by atoms with Crippen LogP contribution in [0.5, 0.6) is 0 Å². The van der Waals surface area contributed by atoms with Crippen LogP contribution in [0.3, 0.4) is 0 Å². The van der Waals surface area contributed by atoms with E-state index < -0.39 is 0 Å². The maximum Gasteiger partial charge on any atom is 0.0189 e. The third-order valence-corrected chi connectivity index (χ3v) is 4.38. The summed E-state index contributed by atoms with van der Waals surface area (Å²) in [6, 6.07) is 9.55. The van der Waals surface area contributed by atoms with E-state index in [1.165, 1.54) is 35.5 Å². The van der Waals surface area contributed by atoms with Crippen LogP contribution in [-0.2, 0) is 0 Å². The molecule has 1 saturated carbocycles. The van der Waals surface area contributed by atoms with Crippen LogP contribution >= 0.6 is 11.8 Å². The van der Waals surface area contributed by atoms with Gasteiger partial charge in [0, 0.05) is 16.7 Å². The third-order valence-electron chi connectivity index (χ3n) is 3.27. The molecule has 1 aliphatic carbocycles. The lowest BCUT2D eigenvalue weighted by Crippen LogP contribution is -2.33. The van der Waals surface area contributed by atoms with Gasteiger partial charge in [-0.15, -0.1) is 11.8 Å². The Labute approximate surface area is 109 Å². The predicted molar refractivity (Wildman–Crippen MR) is 76.7 cm³/mol. The fourth-order valence-electron chi connectivity index (χ4n) is 2.08. The maximum absolute atomic E-state index is 3.70. The predicted octanol–water partition coefficient (Wildman–Crippen LogP) is 3.87. The molecule has 0 bridgehead atoms. The molecular formula is C15H23NS. The van der Waals surface area contributed by atoms with Crippen LogP contribution in [0.2, 0.25) is 0 Å². The quantitative estimate of drug-likeness (QED) is 0.736. The van der Waals surface area contributed by atoms with Gasteiger partial charge in [0.25, 0.3) is 0 Å². The summed E-state index contributed by atoms with van der Waals surface area (Å²) < 4.78 is 0. The Hall–Kier alpha value is -0.470. The number of nitrogens with one attached hydrogen (secondary N) is 1. The van der Waals surface area contributed by atoms with Gasteiger partial charge >= 0.3 is 0 Å². The molecule has 2 heteroatoms. The van der Waals surface area contributed by atoms with Crippen LogP contribution in [0.15, 0.2) is 29.2 Å². The lowest BCUT2D eigenvalue weighted by atomic mass is 10.2. The molecule has 17 heavy (non-hydrogen) atoms. The van der Waals surface area contributed by atoms with Crippen molar-refractivity contribution >= 4 is 11.8 Å². The second kappa shape index (κ2) is 6.46. The molecular weight excluding hydrogens is 226 g/mol. The normalized spacial score (nSPS) is 17.1. The summed E-state index contributed by atoms with van der Waals surface area (Å²) >= 11 is 2.00. The number of hydrogen-bond donors (Lipinski definition) is 1. The average Bonchev–Trinajstić information content (AvgIpc) is 3.13. The molecule has 0 spiro atoms. The molecule has 1 unspecified atom stereocenters. The second-order valence-corrected chi connectivity index (χ2v) is 6.12. The van der Waals surface area contributed by atoms with Crippen LogP contribution in [-0.4, -0.2) is 18.3 Å². The van der Waals surface area contributed by atoms with Crippen molar-refractivity contribution in [3.05, 3.63) is 29.8 Å². The van der Waals surface area contributed by atoms with E-state index in [1.54, 1.807) is 0 Å². The summed E-state index contributed by atoms with van der Waals surface area (Å²) in [6.07, 6.45) is 4.09. The third kappa shape index (κ3) is 4.36. The van der Waals surface area contributed by atoms with Gasteiger partial charge in [0.05, 0.1) is 0 Å². The van der Waals surface area contributed by atoms with Crippen molar-refractivity contribution in [2.75, 3.05) is 12.3 Å². The summed E-state index contributed by atoms with van der Waals surface area (Å²) in [5.41, 5.74) is 1.36. The van der Waals surface area contributed by atoms with Crippen molar-refractivity contribution in [3.63, 3.8) is 0 Å². The van der Waals surface area contributed by atoms with Gasteiger partial charge in [-0.25, -0.2) is 0 Å². The first-order valence-corrected chi connectivity index (χ1v) is 7.71. The van der Waals surface area contributed by atoms with E-state index in [0.29, 0.717) is 0 Å². The molecule has 1 nitrogen and oxygen atoms in total. The summed E-state index contributed by atoms with van der Waals surface area (Å²) in [5, 5.41) is 3.70. The van der Waals surface area contributed by atoms with Gasteiger partial charge in [0.1, 0.15) is 0 Å². The average molecular weight is 249 g/mol. The second-order valence-electron chi connectivity index (χ2n) is 5.03. The van der Waals surface area contributed by atoms with Crippen LogP contribution in [0, 0.1) is 12.8 Å². The highest BCUT2D eigenvalue weighted by Gasteiger charge is 2.30. The number of aryl methyl sites for hydroxylation is 1. The molecule has 0 aliphatic heterocycles. The molecule has 1 aromatic rings. The van der Waals surface area contributed by atoms with Crippen LogP contribution in [0.4, 0.5) is 0 Å². The topological polar surface area (TPSA) is 12.0 Å². The Kier molecular flexibility index (Phi) is 4.93. The largest absolute Gasteiger partial charge is 0.313 e. The Morgan fingerprint density at radius 1 is 1.41 bits per heavy atom. The van der Waals surface area contributed by atoms with Gasteiger partial charge in [-0.3, -0.25) is 0 Å². The van der Waals surface area contributed by atoms with Gasteiger partial charge in [0.2, 0.25) is 0 Å². The number of rotatable bonds is 7. The van der Waals surface area contributed by atoms with Crippen molar-refractivity contribution in [1.29, 1.82) is 0 Å². The van der Waals surface area contributed by atoms with Crippen molar-refractivity contribution in [2.24, 2.45) is 5.92 Å². The van der Waals surface area contributed by atoms with E-state index in [0.717, 1.165) is 18.5 Å². The molecule has 0 saturated heterocycles. The molecule has 0 amide bonds. The SMILES string of the molecule is CCCNC(CSc1cccc(C)c1)C1CC1. The van der Waals surface area contributed by atoms with Crippen molar-refractivity contribution < 1.29 is 0 Å². The lowest BCUT2D eigenvalue weighted by Gasteiger charge is -2.17. The zero-order valence-electron chi connectivity index (χ0n) is 10.9. The Balaban J connectivity index is 1.82. The Bertz CT molecular complexity index is 347. The fourth-order valence-corrected chi connectivity index (χ4v) is 3.29. The zero-order valence-corrected chi connectivity index (χ0v) is 11.7. The molecule has 1 fully saturated rings. The smallest absolute Gasteiger partial charge is 0.0189 e. The van der Waals surface area contributed by atoms with Crippen LogP contribution < -0.4 is 5.32 Å². The summed E-state index contributed by atoms with van der Waals surface area (Å²) in [7, 11) is 0. The minimum atomic E-state index is 0.723. The van der Waals surface area contributed by atoms with Crippen LogP contribution in [0.25, 0.3) is 0 Å². The fraction of sp³-hybridized carbons (Fsp3) is 0.600. The Morgan fingerprint density at radius 3 is 2.88 bits per heavy atom. The Morgan fingerprint density at radius 2 is 2.24 bits per heavy atom. The molecule has 1 aromatic carbocycles. The van der Waals surface area contributed by atoms with Gasteiger partial charge in [-0.1, -0.05) is 24.6 Å². The summed E-state index contributed by atoms with van der Waals surface area (Å²) in [5.74, 6) is 2.16. The van der Waals surface area contributed by atoms with E-state index >= 15 is 0 Å².